The molecule has 0 aliphatic carbocycles. The van der Waals surface area contributed by atoms with Crippen LogP contribution in [-0.2, 0) is 9.53 Å². The molecule has 26 heavy (non-hydrogen) atoms. The lowest BCUT2D eigenvalue weighted by Crippen LogP contribution is -2.28. The molecule has 0 unspecified atom stereocenters. The first-order chi connectivity index (χ1) is 12.7. The van der Waals surface area contributed by atoms with Crippen molar-refractivity contribution in [1.82, 2.24) is 20.5 Å². The first kappa shape index (κ1) is 19.0. The van der Waals surface area contributed by atoms with Crippen LogP contribution in [0.25, 0.3) is 20.5 Å². The molecule has 3 rings (SSSR count). The van der Waals surface area contributed by atoms with Crippen LogP contribution in [0.1, 0.15) is 5.69 Å². The number of thioether (sulfide) groups is 1. The Hall–Kier alpha value is -1.81. The minimum Gasteiger partial charge on any atom is -0.383 e. The maximum atomic E-state index is 11.7. The van der Waals surface area contributed by atoms with E-state index in [1.54, 1.807) is 29.8 Å². The second-order valence-electron chi connectivity index (χ2n) is 5.30. The number of rotatable bonds is 8. The summed E-state index contributed by atoms with van der Waals surface area (Å²) in [6.45, 7) is 3.00. The van der Waals surface area contributed by atoms with Crippen LogP contribution < -0.4 is 5.32 Å². The van der Waals surface area contributed by atoms with Gasteiger partial charge in [-0.1, -0.05) is 17.8 Å². The van der Waals surface area contributed by atoms with Crippen molar-refractivity contribution in [3.63, 3.8) is 0 Å². The molecule has 3 aromatic heterocycles. The number of nitrogens with zero attached hydrogens (tertiary/aromatic N) is 3. The van der Waals surface area contributed by atoms with Crippen molar-refractivity contribution < 1.29 is 9.53 Å². The molecule has 1 amide bonds. The highest BCUT2D eigenvalue weighted by Gasteiger charge is 2.14. The zero-order chi connectivity index (χ0) is 18.4. The van der Waals surface area contributed by atoms with Gasteiger partial charge < -0.3 is 10.1 Å². The fourth-order valence-electron chi connectivity index (χ4n) is 2.14. The van der Waals surface area contributed by atoms with Crippen molar-refractivity contribution in [1.29, 1.82) is 0 Å². The summed E-state index contributed by atoms with van der Waals surface area (Å²) in [5.41, 5.74) is 1.75. The highest BCUT2D eigenvalue weighted by atomic mass is 32.2. The van der Waals surface area contributed by atoms with Crippen molar-refractivity contribution >= 4 is 40.3 Å². The number of ether oxygens (including phenoxy) is 1. The van der Waals surface area contributed by atoms with Crippen LogP contribution in [-0.4, -0.2) is 47.1 Å². The molecule has 0 fully saturated rings. The lowest BCUT2D eigenvalue weighted by molar-refractivity contribution is -0.118. The Bertz CT molecular complexity index is 848. The molecule has 0 saturated heterocycles. The molecule has 0 radical (unpaired) electrons. The van der Waals surface area contributed by atoms with Gasteiger partial charge in [0.05, 0.1) is 27.8 Å². The summed E-state index contributed by atoms with van der Waals surface area (Å²) in [6.07, 6.45) is 0. The van der Waals surface area contributed by atoms with Gasteiger partial charge in [-0.15, -0.1) is 32.9 Å². The SMILES string of the molecule is COCCNC(=O)CSc1ccc(-c2sc(-c3cccs3)nc2C)nn1. The third-order valence-corrected chi connectivity index (χ3v) is 6.52. The summed E-state index contributed by atoms with van der Waals surface area (Å²) < 4.78 is 4.90. The smallest absolute Gasteiger partial charge is 0.230 e. The number of methoxy groups -OCH3 is 1. The van der Waals surface area contributed by atoms with Crippen molar-refractivity contribution in [2.24, 2.45) is 0 Å². The quantitative estimate of drug-likeness (QED) is 0.456. The molecule has 0 aromatic carbocycles. The molecule has 3 aromatic rings. The molecule has 0 spiro atoms. The van der Waals surface area contributed by atoms with Crippen LogP contribution in [0.5, 0.6) is 0 Å². The first-order valence-corrected chi connectivity index (χ1v) is 10.6. The van der Waals surface area contributed by atoms with Crippen LogP contribution in [0.2, 0.25) is 0 Å². The molecule has 0 saturated carbocycles. The monoisotopic (exact) mass is 406 g/mol. The number of aromatic nitrogens is 3. The minimum absolute atomic E-state index is 0.0446. The molecule has 9 heteroatoms. The van der Waals surface area contributed by atoms with Crippen LogP contribution in [0.3, 0.4) is 0 Å². The predicted octanol–water partition coefficient (Wildman–Crippen LogP) is 3.49. The minimum atomic E-state index is -0.0446. The van der Waals surface area contributed by atoms with Gasteiger partial charge in [0.15, 0.2) is 0 Å². The maximum Gasteiger partial charge on any atom is 0.230 e. The summed E-state index contributed by atoms with van der Waals surface area (Å²) in [7, 11) is 1.60. The highest BCUT2D eigenvalue weighted by Crippen LogP contribution is 2.36. The standard InChI is InChI=1S/C17H18N4O2S3/c1-11-16(26-17(19-11)13-4-3-9-24-13)12-5-6-15(21-20-12)25-10-14(22)18-7-8-23-2/h3-6,9H,7-8,10H2,1-2H3,(H,18,22). The molecular formula is C17H18N4O2S3. The van der Waals surface area contributed by atoms with E-state index >= 15 is 0 Å². The maximum absolute atomic E-state index is 11.7. The number of hydrogen-bond acceptors (Lipinski definition) is 8. The van der Waals surface area contributed by atoms with Gasteiger partial charge in [0.1, 0.15) is 15.7 Å². The van der Waals surface area contributed by atoms with E-state index in [1.807, 2.05) is 30.5 Å². The van der Waals surface area contributed by atoms with E-state index in [2.05, 4.69) is 26.6 Å². The summed E-state index contributed by atoms with van der Waals surface area (Å²) in [4.78, 5) is 18.5. The molecule has 1 N–H and O–H groups in total. The number of amides is 1. The van der Waals surface area contributed by atoms with Crippen LogP contribution in [0.15, 0.2) is 34.7 Å². The molecule has 0 aliphatic rings. The molecule has 6 nitrogen and oxygen atoms in total. The van der Waals surface area contributed by atoms with Crippen molar-refractivity contribution in [2.45, 2.75) is 11.9 Å². The van der Waals surface area contributed by atoms with E-state index in [0.29, 0.717) is 18.9 Å². The van der Waals surface area contributed by atoms with Crippen molar-refractivity contribution in [2.75, 3.05) is 26.0 Å². The topological polar surface area (TPSA) is 77.0 Å². The Morgan fingerprint density at radius 2 is 2.19 bits per heavy atom. The third-order valence-electron chi connectivity index (χ3n) is 3.38. The molecule has 0 aliphatic heterocycles. The number of nitrogens with one attached hydrogen (secondary N) is 1. The Labute approximate surface area is 164 Å². The van der Waals surface area contributed by atoms with E-state index in [0.717, 1.165) is 31.2 Å². The second-order valence-corrected chi connectivity index (χ2v) is 8.24. The Balaban J connectivity index is 1.62. The van der Waals surface area contributed by atoms with Gasteiger partial charge in [-0.2, -0.15) is 0 Å². The van der Waals surface area contributed by atoms with Gasteiger partial charge in [0, 0.05) is 13.7 Å². The van der Waals surface area contributed by atoms with E-state index in [9.17, 15) is 4.79 Å². The van der Waals surface area contributed by atoms with Gasteiger partial charge in [0.2, 0.25) is 5.91 Å². The van der Waals surface area contributed by atoms with Gasteiger partial charge in [-0.3, -0.25) is 4.79 Å². The molecule has 0 bridgehead atoms. The summed E-state index contributed by atoms with van der Waals surface area (Å²) in [5, 5.41) is 15.1. The van der Waals surface area contributed by atoms with Crippen molar-refractivity contribution in [3.05, 3.63) is 35.3 Å². The fourth-order valence-corrected chi connectivity index (χ4v) is 4.61. The van der Waals surface area contributed by atoms with Gasteiger partial charge in [-0.05, 0) is 30.5 Å². The number of thiophene rings is 1. The zero-order valence-electron chi connectivity index (χ0n) is 14.4. The Morgan fingerprint density at radius 1 is 1.31 bits per heavy atom. The van der Waals surface area contributed by atoms with Crippen LogP contribution in [0.4, 0.5) is 0 Å². The third kappa shape index (κ3) is 4.88. The Morgan fingerprint density at radius 3 is 2.88 bits per heavy atom. The predicted molar refractivity (Wildman–Crippen MR) is 107 cm³/mol. The molecule has 0 atom stereocenters. The van der Waals surface area contributed by atoms with Crippen LogP contribution >= 0.6 is 34.4 Å². The van der Waals surface area contributed by atoms with Gasteiger partial charge in [0.25, 0.3) is 0 Å². The average molecular weight is 407 g/mol. The molecular weight excluding hydrogens is 388 g/mol. The number of hydrogen-bond donors (Lipinski definition) is 1. The normalized spacial score (nSPS) is 10.8. The Kier molecular flexibility index (Phi) is 6.73. The van der Waals surface area contributed by atoms with E-state index in [1.165, 1.54) is 11.8 Å². The van der Waals surface area contributed by atoms with Gasteiger partial charge in [-0.25, -0.2) is 4.98 Å². The summed E-state index contributed by atoms with van der Waals surface area (Å²) >= 11 is 4.66. The number of carbonyl (C=O) groups excluding carboxylic acids is 1. The number of thiazole rings is 1. The lowest BCUT2D eigenvalue weighted by atomic mass is 10.3. The fraction of sp³-hybridized carbons (Fsp3) is 0.294. The second kappa shape index (κ2) is 9.22. The average Bonchev–Trinajstić information content (AvgIpc) is 3.30. The van der Waals surface area contributed by atoms with E-state index < -0.39 is 0 Å². The zero-order valence-corrected chi connectivity index (χ0v) is 16.8. The van der Waals surface area contributed by atoms with Gasteiger partial charge >= 0.3 is 0 Å². The lowest BCUT2D eigenvalue weighted by Gasteiger charge is -2.04. The molecule has 3 heterocycles. The molecule has 136 valence electrons. The largest absolute Gasteiger partial charge is 0.383 e. The number of carbonyl (C=O) groups is 1. The first-order valence-electron chi connectivity index (χ1n) is 7.91. The van der Waals surface area contributed by atoms with E-state index in [4.69, 9.17) is 4.74 Å². The van der Waals surface area contributed by atoms with Crippen molar-refractivity contribution in [3.8, 4) is 20.5 Å². The van der Waals surface area contributed by atoms with Crippen LogP contribution in [0, 0.1) is 6.92 Å². The van der Waals surface area contributed by atoms with E-state index in [-0.39, 0.29) is 5.91 Å². The highest BCUT2D eigenvalue weighted by molar-refractivity contribution is 7.99. The summed E-state index contributed by atoms with van der Waals surface area (Å²) in [5.74, 6) is 0.261. The summed E-state index contributed by atoms with van der Waals surface area (Å²) in [6, 6.07) is 7.90. The number of aryl methyl sites for hydroxylation is 1.